The summed E-state index contributed by atoms with van der Waals surface area (Å²) in [5.74, 6) is 0. The maximum atomic E-state index is 12.1. The third kappa shape index (κ3) is 4.12. The highest BCUT2D eigenvalue weighted by atomic mass is 35.5. The summed E-state index contributed by atoms with van der Waals surface area (Å²) in [6.07, 6.45) is 1.51. The van der Waals surface area contributed by atoms with Gasteiger partial charge in [0.05, 0.1) is 6.61 Å². The van der Waals surface area contributed by atoms with Crippen molar-refractivity contribution < 1.29 is 14.6 Å². The molecule has 22 heavy (non-hydrogen) atoms. The molecule has 0 saturated carbocycles. The molecule has 2 rings (SSSR count). The summed E-state index contributed by atoms with van der Waals surface area (Å²) in [6, 6.07) is 3.40. The molecule has 0 spiro atoms. The Kier molecular flexibility index (Phi) is 5.67. The van der Waals surface area contributed by atoms with Crippen molar-refractivity contribution in [3.63, 3.8) is 0 Å². The van der Waals surface area contributed by atoms with E-state index in [2.05, 4.69) is 10.6 Å². The van der Waals surface area contributed by atoms with Crippen LogP contribution in [-0.4, -0.2) is 37.5 Å². The van der Waals surface area contributed by atoms with E-state index in [0.29, 0.717) is 30.5 Å². The van der Waals surface area contributed by atoms with Crippen molar-refractivity contribution in [2.24, 2.45) is 5.41 Å². The Labute approximate surface area is 136 Å². The SMILES string of the molecule is Cc1cc(NC(=O)NCC2(CO)CCOCC2)cc(C)c1Cl. The number of carbonyl (C=O) groups excluding carboxylic acids is 1. The van der Waals surface area contributed by atoms with Crippen molar-refractivity contribution in [1.82, 2.24) is 5.32 Å². The van der Waals surface area contributed by atoms with Crippen molar-refractivity contribution in [2.45, 2.75) is 26.7 Å². The van der Waals surface area contributed by atoms with Crippen molar-refractivity contribution in [3.05, 3.63) is 28.3 Å². The van der Waals surface area contributed by atoms with E-state index in [9.17, 15) is 9.90 Å². The van der Waals surface area contributed by atoms with Gasteiger partial charge in [-0.3, -0.25) is 0 Å². The van der Waals surface area contributed by atoms with Gasteiger partial charge in [-0.2, -0.15) is 0 Å². The fourth-order valence-corrected chi connectivity index (χ4v) is 2.77. The Morgan fingerprint density at radius 2 is 1.91 bits per heavy atom. The van der Waals surface area contributed by atoms with Crippen LogP contribution in [0.4, 0.5) is 10.5 Å². The van der Waals surface area contributed by atoms with Crippen LogP contribution in [-0.2, 0) is 4.74 Å². The monoisotopic (exact) mass is 326 g/mol. The van der Waals surface area contributed by atoms with Crippen LogP contribution in [0.3, 0.4) is 0 Å². The average molecular weight is 327 g/mol. The van der Waals surface area contributed by atoms with E-state index >= 15 is 0 Å². The molecule has 1 aliphatic heterocycles. The Hall–Kier alpha value is -1.30. The first-order chi connectivity index (χ1) is 10.5. The summed E-state index contributed by atoms with van der Waals surface area (Å²) in [5.41, 5.74) is 2.28. The molecule has 1 saturated heterocycles. The van der Waals surface area contributed by atoms with Gasteiger partial charge in [0.25, 0.3) is 0 Å². The van der Waals surface area contributed by atoms with E-state index in [1.165, 1.54) is 0 Å². The van der Waals surface area contributed by atoms with Gasteiger partial charge < -0.3 is 20.5 Å². The zero-order valence-electron chi connectivity index (χ0n) is 13.0. The number of urea groups is 1. The number of hydrogen-bond acceptors (Lipinski definition) is 3. The molecular weight excluding hydrogens is 304 g/mol. The van der Waals surface area contributed by atoms with Gasteiger partial charge in [0, 0.05) is 35.9 Å². The minimum atomic E-state index is -0.277. The summed E-state index contributed by atoms with van der Waals surface area (Å²) in [6.45, 7) is 5.54. The molecule has 0 unspecified atom stereocenters. The second-order valence-electron chi connectivity index (χ2n) is 6.00. The summed E-state index contributed by atoms with van der Waals surface area (Å²) in [5, 5.41) is 16.0. The zero-order chi connectivity index (χ0) is 16.2. The van der Waals surface area contributed by atoms with E-state index in [-0.39, 0.29) is 18.1 Å². The second-order valence-corrected chi connectivity index (χ2v) is 6.38. The lowest BCUT2D eigenvalue weighted by Gasteiger charge is -2.35. The Balaban J connectivity index is 1.93. The first-order valence-corrected chi connectivity index (χ1v) is 7.84. The average Bonchev–Trinajstić information content (AvgIpc) is 2.51. The molecule has 0 aromatic heterocycles. The number of aryl methyl sites for hydroxylation is 2. The van der Waals surface area contributed by atoms with Crippen LogP contribution in [0.15, 0.2) is 12.1 Å². The Morgan fingerprint density at radius 3 is 2.45 bits per heavy atom. The van der Waals surface area contributed by atoms with Gasteiger partial charge in [-0.05, 0) is 49.9 Å². The van der Waals surface area contributed by atoms with E-state index < -0.39 is 0 Å². The van der Waals surface area contributed by atoms with Crippen LogP contribution >= 0.6 is 11.6 Å². The zero-order valence-corrected chi connectivity index (χ0v) is 13.8. The van der Waals surface area contributed by atoms with Gasteiger partial charge in [-0.1, -0.05) is 11.6 Å². The Bertz CT molecular complexity index is 519. The number of benzene rings is 1. The largest absolute Gasteiger partial charge is 0.396 e. The topological polar surface area (TPSA) is 70.6 Å². The quantitative estimate of drug-likeness (QED) is 0.796. The van der Waals surface area contributed by atoms with Gasteiger partial charge in [0.2, 0.25) is 0 Å². The number of ether oxygens (including phenoxy) is 1. The standard InChI is InChI=1S/C16H23ClN2O3/c1-11-7-13(8-12(2)14(11)17)19-15(21)18-9-16(10-20)3-5-22-6-4-16/h7-8,20H,3-6,9-10H2,1-2H3,(H2,18,19,21). The Morgan fingerprint density at radius 1 is 1.32 bits per heavy atom. The van der Waals surface area contributed by atoms with Gasteiger partial charge >= 0.3 is 6.03 Å². The molecule has 0 radical (unpaired) electrons. The first kappa shape index (κ1) is 17.1. The van der Waals surface area contributed by atoms with E-state index in [0.717, 1.165) is 24.0 Å². The van der Waals surface area contributed by atoms with Crippen molar-refractivity contribution in [3.8, 4) is 0 Å². The smallest absolute Gasteiger partial charge is 0.319 e. The van der Waals surface area contributed by atoms with Crippen LogP contribution in [0.2, 0.25) is 5.02 Å². The maximum absolute atomic E-state index is 12.1. The van der Waals surface area contributed by atoms with Gasteiger partial charge in [-0.25, -0.2) is 4.79 Å². The summed E-state index contributed by atoms with van der Waals surface area (Å²) in [7, 11) is 0. The highest BCUT2D eigenvalue weighted by molar-refractivity contribution is 6.32. The second kappa shape index (κ2) is 7.31. The van der Waals surface area contributed by atoms with Crippen molar-refractivity contribution >= 4 is 23.3 Å². The van der Waals surface area contributed by atoms with Gasteiger partial charge in [0.1, 0.15) is 0 Å². The summed E-state index contributed by atoms with van der Waals surface area (Å²) in [4.78, 5) is 12.1. The molecule has 0 aliphatic carbocycles. The lowest BCUT2D eigenvalue weighted by Crippen LogP contribution is -2.44. The van der Waals surface area contributed by atoms with Gasteiger partial charge in [0.15, 0.2) is 0 Å². The van der Waals surface area contributed by atoms with Gasteiger partial charge in [-0.15, -0.1) is 0 Å². The number of hydrogen-bond donors (Lipinski definition) is 3. The number of halogens is 1. The molecule has 5 nitrogen and oxygen atoms in total. The highest BCUT2D eigenvalue weighted by Gasteiger charge is 2.32. The molecule has 6 heteroatoms. The molecule has 3 N–H and O–H groups in total. The fraction of sp³-hybridized carbons (Fsp3) is 0.562. The minimum Gasteiger partial charge on any atom is -0.396 e. The third-order valence-electron chi connectivity index (χ3n) is 4.21. The van der Waals surface area contributed by atoms with Crippen LogP contribution in [0, 0.1) is 19.3 Å². The number of anilines is 1. The molecule has 1 heterocycles. The van der Waals surface area contributed by atoms with Crippen LogP contribution < -0.4 is 10.6 Å². The maximum Gasteiger partial charge on any atom is 0.319 e. The number of aliphatic hydroxyl groups excluding tert-OH is 1. The molecule has 2 amide bonds. The first-order valence-electron chi connectivity index (χ1n) is 7.46. The molecule has 1 aromatic rings. The van der Waals surface area contributed by atoms with E-state index in [1.54, 1.807) is 0 Å². The van der Waals surface area contributed by atoms with Crippen molar-refractivity contribution in [2.75, 3.05) is 31.7 Å². The number of carbonyl (C=O) groups is 1. The van der Waals surface area contributed by atoms with Crippen LogP contribution in [0.1, 0.15) is 24.0 Å². The predicted molar refractivity (Wildman–Crippen MR) is 87.5 cm³/mol. The summed E-state index contributed by atoms with van der Waals surface area (Å²) < 4.78 is 5.31. The molecule has 122 valence electrons. The highest BCUT2D eigenvalue weighted by Crippen LogP contribution is 2.29. The molecule has 1 aliphatic rings. The lowest BCUT2D eigenvalue weighted by molar-refractivity contribution is -0.0136. The van der Waals surface area contributed by atoms with E-state index in [1.807, 2.05) is 26.0 Å². The fourth-order valence-electron chi connectivity index (χ4n) is 2.66. The molecule has 0 atom stereocenters. The summed E-state index contributed by atoms with van der Waals surface area (Å²) >= 11 is 6.12. The molecule has 0 bridgehead atoms. The van der Waals surface area contributed by atoms with Crippen LogP contribution in [0.5, 0.6) is 0 Å². The number of aliphatic hydroxyl groups is 1. The number of nitrogens with one attached hydrogen (secondary N) is 2. The number of rotatable bonds is 4. The van der Waals surface area contributed by atoms with Crippen molar-refractivity contribution in [1.29, 1.82) is 0 Å². The molecule has 1 aromatic carbocycles. The number of amides is 2. The minimum absolute atomic E-state index is 0.0514. The normalized spacial score (nSPS) is 17.1. The van der Waals surface area contributed by atoms with Crippen LogP contribution in [0.25, 0.3) is 0 Å². The molecular formula is C16H23ClN2O3. The molecule has 1 fully saturated rings. The lowest BCUT2D eigenvalue weighted by atomic mass is 9.81. The van der Waals surface area contributed by atoms with E-state index in [4.69, 9.17) is 16.3 Å². The third-order valence-corrected chi connectivity index (χ3v) is 4.80. The predicted octanol–water partition coefficient (Wildman–Crippen LogP) is 2.87.